The van der Waals surface area contributed by atoms with Gasteiger partial charge in [0.25, 0.3) is 12.4 Å². The molecule has 24 heavy (non-hydrogen) atoms. The van der Waals surface area contributed by atoms with Gasteiger partial charge in [-0.05, 0) is 20.5 Å². The Balaban J connectivity index is 0.000000891. The van der Waals surface area contributed by atoms with Crippen molar-refractivity contribution in [2.45, 2.75) is 26.2 Å². The summed E-state index contributed by atoms with van der Waals surface area (Å²) in [5.41, 5.74) is 0.267. The lowest BCUT2D eigenvalue weighted by Crippen LogP contribution is -2.14. The Kier molecular flexibility index (Phi) is 8.58. The van der Waals surface area contributed by atoms with Gasteiger partial charge in [-0.15, -0.1) is 10.2 Å². The van der Waals surface area contributed by atoms with E-state index in [1.54, 1.807) is 6.07 Å². The van der Waals surface area contributed by atoms with Crippen molar-refractivity contribution in [1.29, 1.82) is 0 Å². The van der Waals surface area contributed by atoms with Crippen LogP contribution in [0.5, 0.6) is 0 Å². The highest BCUT2D eigenvalue weighted by molar-refractivity contribution is 7.15. The zero-order valence-electron chi connectivity index (χ0n) is 13.9. The van der Waals surface area contributed by atoms with E-state index in [0.717, 1.165) is 30.8 Å². The first kappa shape index (κ1) is 19.7. The van der Waals surface area contributed by atoms with E-state index in [-0.39, 0.29) is 18.1 Å². The minimum atomic E-state index is -0.323. The number of aromatic nitrogens is 3. The molecule has 0 aliphatic carbocycles. The third-order valence-electron chi connectivity index (χ3n) is 2.75. The number of aryl methyl sites for hydroxylation is 1. The van der Waals surface area contributed by atoms with Crippen LogP contribution in [0.3, 0.4) is 0 Å². The van der Waals surface area contributed by atoms with Crippen LogP contribution in [0.2, 0.25) is 0 Å². The molecule has 1 amide bonds. The van der Waals surface area contributed by atoms with Crippen molar-refractivity contribution in [3.63, 3.8) is 0 Å². The van der Waals surface area contributed by atoms with Crippen molar-refractivity contribution in [3.05, 3.63) is 22.5 Å². The van der Waals surface area contributed by atoms with Gasteiger partial charge < -0.3 is 14.5 Å². The summed E-state index contributed by atoms with van der Waals surface area (Å²) in [7, 11) is 4.00. The Labute approximate surface area is 143 Å². The molecule has 0 aliphatic heterocycles. The van der Waals surface area contributed by atoms with Gasteiger partial charge >= 0.3 is 0 Å². The standard InChI is InChI=1S/C13H19N5O2S.CH2O2/c1-4-5-9-8-10(17-20-9)12(19)14-13-16-15-11(21-13)6-7-18(2)3;2-1-3/h8H,4-7H2,1-3H3,(H,14,16,19);1H,(H,2,3). The molecular weight excluding hydrogens is 334 g/mol. The molecule has 2 N–H and O–H groups in total. The number of amides is 1. The summed E-state index contributed by atoms with van der Waals surface area (Å²) in [6.45, 7) is 2.69. The first-order chi connectivity index (χ1) is 11.5. The highest BCUT2D eigenvalue weighted by atomic mass is 32.1. The number of carboxylic acid groups (broad SMARTS) is 1. The van der Waals surface area contributed by atoms with Gasteiger partial charge in [0.05, 0.1) is 0 Å². The van der Waals surface area contributed by atoms with Crippen LogP contribution in [-0.2, 0) is 17.6 Å². The molecule has 0 spiro atoms. The van der Waals surface area contributed by atoms with Crippen molar-refractivity contribution in [3.8, 4) is 0 Å². The molecule has 9 nitrogen and oxygen atoms in total. The van der Waals surface area contributed by atoms with E-state index in [1.165, 1.54) is 11.3 Å². The molecule has 0 saturated heterocycles. The van der Waals surface area contributed by atoms with Gasteiger partial charge in [0, 0.05) is 25.5 Å². The number of nitrogens with one attached hydrogen (secondary N) is 1. The molecule has 0 bridgehead atoms. The van der Waals surface area contributed by atoms with Crippen LogP contribution < -0.4 is 5.32 Å². The van der Waals surface area contributed by atoms with Crippen molar-refractivity contribution < 1.29 is 19.2 Å². The van der Waals surface area contributed by atoms with Crippen LogP contribution in [0.15, 0.2) is 10.6 Å². The maximum Gasteiger partial charge on any atom is 0.290 e. The fourth-order valence-electron chi connectivity index (χ4n) is 1.67. The van der Waals surface area contributed by atoms with Crippen LogP contribution in [-0.4, -0.2) is 58.4 Å². The first-order valence-electron chi connectivity index (χ1n) is 7.32. The third kappa shape index (κ3) is 6.84. The Morgan fingerprint density at radius 3 is 2.75 bits per heavy atom. The summed E-state index contributed by atoms with van der Waals surface area (Å²) in [5, 5.41) is 22.7. The molecule has 0 fully saturated rings. The molecule has 2 rings (SSSR count). The number of hydrogen-bond donors (Lipinski definition) is 2. The van der Waals surface area contributed by atoms with Gasteiger partial charge in [-0.3, -0.25) is 14.9 Å². The number of anilines is 1. The molecule has 2 aromatic rings. The molecule has 132 valence electrons. The lowest BCUT2D eigenvalue weighted by atomic mass is 10.2. The molecule has 10 heteroatoms. The molecule has 0 aliphatic rings. The highest BCUT2D eigenvalue weighted by Crippen LogP contribution is 2.17. The smallest absolute Gasteiger partial charge is 0.290 e. The zero-order chi connectivity index (χ0) is 17.9. The largest absolute Gasteiger partial charge is 0.483 e. The maximum atomic E-state index is 12.0. The summed E-state index contributed by atoms with van der Waals surface area (Å²) in [5.74, 6) is 0.392. The summed E-state index contributed by atoms with van der Waals surface area (Å²) < 4.78 is 5.09. The van der Waals surface area contributed by atoms with E-state index in [2.05, 4.69) is 25.6 Å². The molecule has 0 atom stereocenters. The van der Waals surface area contributed by atoms with E-state index in [9.17, 15) is 4.79 Å². The summed E-state index contributed by atoms with van der Waals surface area (Å²) in [4.78, 5) is 22.4. The van der Waals surface area contributed by atoms with Crippen LogP contribution in [0, 0.1) is 0 Å². The molecule has 2 aromatic heterocycles. The second kappa shape index (κ2) is 10.4. The summed E-state index contributed by atoms with van der Waals surface area (Å²) in [6.07, 6.45) is 2.53. The summed E-state index contributed by atoms with van der Waals surface area (Å²) >= 11 is 1.38. The Morgan fingerprint density at radius 1 is 1.42 bits per heavy atom. The predicted octanol–water partition coefficient (Wildman–Crippen LogP) is 1.54. The van der Waals surface area contributed by atoms with Crippen molar-refractivity contribution in [1.82, 2.24) is 20.3 Å². The second-order valence-electron chi connectivity index (χ2n) is 5.04. The molecule has 0 unspecified atom stereocenters. The van der Waals surface area contributed by atoms with E-state index < -0.39 is 0 Å². The highest BCUT2D eigenvalue weighted by Gasteiger charge is 2.14. The van der Waals surface area contributed by atoms with Crippen molar-refractivity contribution >= 4 is 28.8 Å². The molecule has 0 aromatic carbocycles. The number of rotatable bonds is 7. The number of hydrogen-bond acceptors (Lipinski definition) is 8. The first-order valence-corrected chi connectivity index (χ1v) is 8.13. The Hall–Kier alpha value is -2.33. The van der Waals surface area contributed by atoms with Gasteiger partial charge in [-0.1, -0.05) is 23.4 Å². The van der Waals surface area contributed by atoms with Crippen LogP contribution >= 0.6 is 11.3 Å². The fraction of sp³-hybridized carbons (Fsp3) is 0.500. The molecule has 2 heterocycles. The molecular formula is C14H21N5O4S. The number of nitrogens with zero attached hydrogens (tertiary/aromatic N) is 4. The molecule has 0 radical (unpaired) electrons. The number of likely N-dealkylation sites (N-methyl/N-ethyl adjacent to an activating group) is 1. The Bertz CT molecular complexity index is 641. The van der Waals surface area contributed by atoms with Crippen LogP contribution in [0.25, 0.3) is 0 Å². The fourth-order valence-corrected chi connectivity index (χ4v) is 2.39. The number of carbonyl (C=O) groups is 2. The van der Waals surface area contributed by atoms with Crippen LogP contribution in [0.4, 0.5) is 5.13 Å². The number of carbonyl (C=O) groups excluding carboxylic acids is 1. The normalized spacial score (nSPS) is 10.2. The maximum absolute atomic E-state index is 12.0. The average Bonchev–Trinajstić information content (AvgIpc) is 3.16. The minimum Gasteiger partial charge on any atom is -0.483 e. The van der Waals surface area contributed by atoms with E-state index in [1.807, 2.05) is 21.0 Å². The van der Waals surface area contributed by atoms with Gasteiger partial charge in [0.15, 0.2) is 5.69 Å². The van der Waals surface area contributed by atoms with E-state index in [0.29, 0.717) is 10.9 Å². The van der Waals surface area contributed by atoms with Crippen molar-refractivity contribution in [2.24, 2.45) is 0 Å². The van der Waals surface area contributed by atoms with Gasteiger partial charge in [-0.2, -0.15) is 0 Å². The third-order valence-corrected chi connectivity index (χ3v) is 3.65. The lowest BCUT2D eigenvalue weighted by molar-refractivity contribution is -0.122. The van der Waals surface area contributed by atoms with E-state index >= 15 is 0 Å². The molecule has 0 saturated carbocycles. The predicted molar refractivity (Wildman–Crippen MR) is 89.3 cm³/mol. The van der Waals surface area contributed by atoms with Crippen LogP contribution in [0.1, 0.15) is 34.6 Å². The monoisotopic (exact) mass is 355 g/mol. The van der Waals surface area contributed by atoms with Gasteiger partial charge in [-0.25, -0.2) is 0 Å². The van der Waals surface area contributed by atoms with Gasteiger partial charge in [0.1, 0.15) is 10.8 Å². The lowest BCUT2D eigenvalue weighted by Gasteiger charge is -2.05. The second-order valence-corrected chi connectivity index (χ2v) is 6.10. The van der Waals surface area contributed by atoms with Gasteiger partial charge in [0.2, 0.25) is 5.13 Å². The minimum absolute atomic E-state index is 0.250. The van der Waals surface area contributed by atoms with E-state index in [4.69, 9.17) is 14.4 Å². The SMILES string of the molecule is CCCc1cc(C(=O)Nc2nnc(CCN(C)C)s2)no1.O=CO. The van der Waals surface area contributed by atoms with Crippen molar-refractivity contribution in [2.75, 3.05) is 26.0 Å². The average molecular weight is 355 g/mol. The zero-order valence-corrected chi connectivity index (χ0v) is 14.7. The quantitative estimate of drug-likeness (QED) is 0.717. The topological polar surface area (TPSA) is 121 Å². The Morgan fingerprint density at radius 2 is 2.12 bits per heavy atom. The summed E-state index contributed by atoms with van der Waals surface area (Å²) in [6, 6.07) is 1.66.